The number of pyridine rings is 1. The number of ether oxygens (including phenoxy) is 2. The molecule has 0 spiro atoms. The summed E-state index contributed by atoms with van der Waals surface area (Å²) >= 11 is 0. The first kappa shape index (κ1) is 13.1. The summed E-state index contributed by atoms with van der Waals surface area (Å²) in [7, 11) is 1.56. The number of rotatable bonds is 6. The lowest BCUT2D eigenvalue weighted by Gasteiger charge is -2.09. The average Bonchev–Trinajstić information content (AvgIpc) is 2.48. The average molecular weight is 257 g/mol. The molecule has 0 radical (unpaired) electrons. The van der Waals surface area contributed by atoms with Crippen LogP contribution in [0.5, 0.6) is 11.5 Å². The van der Waals surface area contributed by atoms with Gasteiger partial charge in [0, 0.05) is 18.8 Å². The molecule has 1 aromatic carbocycles. The van der Waals surface area contributed by atoms with E-state index in [1.165, 1.54) is 0 Å². The topological polar surface area (TPSA) is 48.4 Å². The van der Waals surface area contributed by atoms with E-state index in [0.29, 0.717) is 23.7 Å². The van der Waals surface area contributed by atoms with Crippen LogP contribution in [0.3, 0.4) is 0 Å². The maximum atomic E-state index is 11.0. The Morgan fingerprint density at radius 2 is 2.00 bits per heavy atom. The van der Waals surface area contributed by atoms with Crippen LogP contribution in [0.25, 0.3) is 0 Å². The second kappa shape index (κ2) is 6.54. The van der Waals surface area contributed by atoms with Gasteiger partial charge in [0.15, 0.2) is 6.29 Å². The lowest BCUT2D eigenvalue weighted by molar-refractivity contribution is 0.111. The second-order valence-corrected chi connectivity index (χ2v) is 3.98. The van der Waals surface area contributed by atoms with E-state index < -0.39 is 0 Å². The number of hydrogen-bond acceptors (Lipinski definition) is 4. The number of nitrogens with zero attached hydrogens (tertiary/aromatic N) is 1. The highest BCUT2D eigenvalue weighted by Crippen LogP contribution is 2.22. The van der Waals surface area contributed by atoms with Gasteiger partial charge in [-0.1, -0.05) is 0 Å². The van der Waals surface area contributed by atoms with Gasteiger partial charge in [-0.15, -0.1) is 0 Å². The Kier molecular flexibility index (Phi) is 4.50. The van der Waals surface area contributed by atoms with Crippen molar-refractivity contribution in [3.05, 3.63) is 53.9 Å². The van der Waals surface area contributed by atoms with Gasteiger partial charge in [0.25, 0.3) is 0 Å². The number of methoxy groups -OCH3 is 1. The molecule has 2 aromatic rings. The molecule has 0 fully saturated rings. The van der Waals surface area contributed by atoms with E-state index in [0.717, 1.165) is 18.3 Å². The van der Waals surface area contributed by atoms with Crippen LogP contribution in [-0.2, 0) is 6.42 Å². The fourth-order valence-corrected chi connectivity index (χ4v) is 1.71. The molecular weight excluding hydrogens is 242 g/mol. The minimum atomic E-state index is 0.495. The van der Waals surface area contributed by atoms with Crippen LogP contribution >= 0.6 is 0 Å². The smallest absolute Gasteiger partial charge is 0.153 e. The predicted molar refractivity (Wildman–Crippen MR) is 71.8 cm³/mol. The van der Waals surface area contributed by atoms with E-state index in [9.17, 15) is 4.79 Å². The van der Waals surface area contributed by atoms with E-state index in [1.54, 1.807) is 37.7 Å². The molecule has 98 valence electrons. The minimum absolute atomic E-state index is 0.495. The van der Waals surface area contributed by atoms with E-state index >= 15 is 0 Å². The number of benzene rings is 1. The first-order chi connectivity index (χ1) is 9.33. The highest BCUT2D eigenvalue weighted by atomic mass is 16.5. The molecule has 19 heavy (non-hydrogen) atoms. The van der Waals surface area contributed by atoms with Crippen molar-refractivity contribution in [3.8, 4) is 11.5 Å². The van der Waals surface area contributed by atoms with Crippen LogP contribution < -0.4 is 9.47 Å². The molecule has 0 aliphatic rings. The van der Waals surface area contributed by atoms with E-state index in [1.807, 2.05) is 12.1 Å². The third kappa shape index (κ3) is 3.55. The van der Waals surface area contributed by atoms with Gasteiger partial charge in [0.05, 0.1) is 19.3 Å². The van der Waals surface area contributed by atoms with Crippen molar-refractivity contribution in [2.24, 2.45) is 0 Å². The Bertz CT molecular complexity index is 540. The maximum absolute atomic E-state index is 11.0. The van der Waals surface area contributed by atoms with Gasteiger partial charge < -0.3 is 9.47 Å². The molecule has 0 unspecified atom stereocenters. The molecule has 0 aliphatic carbocycles. The molecular formula is C15H15NO3. The third-order valence-electron chi connectivity index (χ3n) is 2.74. The van der Waals surface area contributed by atoms with Gasteiger partial charge in [0.2, 0.25) is 0 Å². The molecule has 0 bridgehead atoms. The predicted octanol–water partition coefficient (Wildman–Crippen LogP) is 2.52. The molecule has 0 saturated carbocycles. The van der Waals surface area contributed by atoms with Crippen molar-refractivity contribution >= 4 is 6.29 Å². The van der Waals surface area contributed by atoms with Gasteiger partial charge in [-0.3, -0.25) is 9.78 Å². The maximum Gasteiger partial charge on any atom is 0.153 e. The standard InChI is InChI=1S/C15H15NO3/c1-18-14-2-3-15(13(10-14)11-17)19-9-6-12-4-7-16-8-5-12/h2-5,7-8,10-11H,6,9H2,1H3. The lowest BCUT2D eigenvalue weighted by atomic mass is 10.2. The van der Waals surface area contributed by atoms with Crippen LogP contribution in [0, 0.1) is 0 Å². The zero-order chi connectivity index (χ0) is 13.5. The molecule has 0 atom stereocenters. The first-order valence-electron chi connectivity index (χ1n) is 5.98. The van der Waals surface area contributed by atoms with Crippen LogP contribution in [0.4, 0.5) is 0 Å². The Labute approximate surface area is 112 Å². The van der Waals surface area contributed by atoms with Crippen LogP contribution in [-0.4, -0.2) is 25.0 Å². The lowest BCUT2D eigenvalue weighted by Crippen LogP contribution is -2.03. The SMILES string of the molecule is COc1ccc(OCCc2ccncc2)c(C=O)c1. The Hall–Kier alpha value is -2.36. The van der Waals surface area contributed by atoms with E-state index in [4.69, 9.17) is 9.47 Å². The number of carbonyl (C=O) groups is 1. The molecule has 1 aromatic heterocycles. The van der Waals surface area contributed by atoms with Crippen molar-refractivity contribution < 1.29 is 14.3 Å². The molecule has 4 nitrogen and oxygen atoms in total. The Balaban J connectivity index is 1.97. The summed E-state index contributed by atoms with van der Waals surface area (Å²) in [5.74, 6) is 1.22. The fraction of sp³-hybridized carbons (Fsp3) is 0.200. The monoisotopic (exact) mass is 257 g/mol. The fourth-order valence-electron chi connectivity index (χ4n) is 1.71. The Morgan fingerprint density at radius 3 is 2.68 bits per heavy atom. The van der Waals surface area contributed by atoms with Crippen molar-refractivity contribution in [2.45, 2.75) is 6.42 Å². The van der Waals surface area contributed by atoms with Gasteiger partial charge in [0.1, 0.15) is 11.5 Å². The quantitative estimate of drug-likeness (QED) is 0.746. The summed E-state index contributed by atoms with van der Waals surface area (Å²) in [6, 6.07) is 9.06. The number of hydrogen-bond donors (Lipinski definition) is 0. The molecule has 0 aliphatic heterocycles. The molecule has 2 rings (SSSR count). The summed E-state index contributed by atoms with van der Waals surface area (Å²) in [5.41, 5.74) is 1.64. The molecule has 0 N–H and O–H groups in total. The minimum Gasteiger partial charge on any atom is -0.497 e. The summed E-state index contributed by atoms with van der Waals surface area (Å²) in [6.07, 6.45) is 5.04. The molecule has 1 heterocycles. The van der Waals surface area contributed by atoms with Gasteiger partial charge in [-0.2, -0.15) is 0 Å². The summed E-state index contributed by atoms with van der Waals surface area (Å²) < 4.78 is 10.7. The van der Waals surface area contributed by atoms with Crippen molar-refractivity contribution in [1.82, 2.24) is 4.98 Å². The van der Waals surface area contributed by atoms with Crippen LogP contribution in [0.15, 0.2) is 42.7 Å². The number of carbonyl (C=O) groups excluding carboxylic acids is 1. The molecule has 4 heteroatoms. The highest BCUT2D eigenvalue weighted by Gasteiger charge is 2.05. The number of aldehydes is 1. The van der Waals surface area contributed by atoms with Gasteiger partial charge in [-0.25, -0.2) is 0 Å². The van der Waals surface area contributed by atoms with Gasteiger partial charge >= 0.3 is 0 Å². The first-order valence-corrected chi connectivity index (χ1v) is 5.98. The van der Waals surface area contributed by atoms with E-state index in [-0.39, 0.29) is 0 Å². The largest absolute Gasteiger partial charge is 0.497 e. The Morgan fingerprint density at radius 1 is 1.21 bits per heavy atom. The van der Waals surface area contributed by atoms with Crippen molar-refractivity contribution in [3.63, 3.8) is 0 Å². The molecule has 0 amide bonds. The second-order valence-electron chi connectivity index (χ2n) is 3.98. The third-order valence-corrected chi connectivity index (χ3v) is 2.74. The normalized spacial score (nSPS) is 9.95. The zero-order valence-corrected chi connectivity index (χ0v) is 10.7. The van der Waals surface area contributed by atoms with Crippen LogP contribution in [0.1, 0.15) is 15.9 Å². The molecule has 0 saturated heterocycles. The summed E-state index contributed by atoms with van der Waals surface area (Å²) in [4.78, 5) is 14.9. The summed E-state index contributed by atoms with van der Waals surface area (Å²) in [6.45, 7) is 0.511. The van der Waals surface area contributed by atoms with Crippen molar-refractivity contribution in [1.29, 1.82) is 0 Å². The van der Waals surface area contributed by atoms with Crippen molar-refractivity contribution in [2.75, 3.05) is 13.7 Å². The number of aromatic nitrogens is 1. The van der Waals surface area contributed by atoms with E-state index in [2.05, 4.69) is 4.98 Å². The summed E-state index contributed by atoms with van der Waals surface area (Å²) in [5, 5.41) is 0. The van der Waals surface area contributed by atoms with Gasteiger partial charge in [-0.05, 0) is 35.9 Å². The highest BCUT2D eigenvalue weighted by molar-refractivity contribution is 5.80. The van der Waals surface area contributed by atoms with Crippen LogP contribution in [0.2, 0.25) is 0 Å². The zero-order valence-electron chi connectivity index (χ0n) is 10.7.